The molecule has 5 heteroatoms. The number of benzene rings is 1. The molecule has 1 aromatic carbocycles. The maximum absolute atomic E-state index is 13.6. The number of hydrogen-bond donors (Lipinski definition) is 1. The summed E-state index contributed by atoms with van der Waals surface area (Å²) in [7, 11) is 0. The Morgan fingerprint density at radius 1 is 1.50 bits per heavy atom. The molecule has 1 aliphatic heterocycles. The van der Waals surface area contributed by atoms with Crippen molar-refractivity contribution in [3.63, 3.8) is 0 Å². The molecule has 0 saturated heterocycles. The Morgan fingerprint density at radius 3 is 2.81 bits per heavy atom. The topological polar surface area (TPSA) is 46.5 Å². The molecule has 0 spiro atoms. The van der Waals surface area contributed by atoms with Crippen molar-refractivity contribution in [2.75, 3.05) is 6.61 Å². The van der Waals surface area contributed by atoms with Crippen LogP contribution < -0.4 is 4.74 Å². The first kappa shape index (κ1) is 10.9. The lowest BCUT2D eigenvalue weighted by Gasteiger charge is -2.12. The number of hydrogen-bond acceptors (Lipinski definition) is 2. The number of ether oxygens (including phenoxy) is 1. The summed E-state index contributed by atoms with van der Waals surface area (Å²) < 4.78 is 31.9. The fraction of sp³-hybridized carbons (Fsp3) is 0.364. The molecule has 1 heterocycles. The van der Waals surface area contributed by atoms with Crippen molar-refractivity contribution in [3.8, 4) is 5.75 Å². The number of carboxylic acids is 1. The first-order valence-corrected chi connectivity index (χ1v) is 4.88. The third-order valence-corrected chi connectivity index (χ3v) is 2.73. The van der Waals surface area contributed by atoms with Gasteiger partial charge in [-0.25, -0.2) is 8.78 Å². The molecule has 86 valence electrons. The predicted molar refractivity (Wildman–Crippen MR) is 51.6 cm³/mol. The molecular formula is C11H10F2O3. The Hall–Kier alpha value is -1.65. The summed E-state index contributed by atoms with van der Waals surface area (Å²) in [6.07, 6.45) is 0.344. The van der Waals surface area contributed by atoms with Gasteiger partial charge in [0.25, 0.3) is 0 Å². The summed E-state index contributed by atoms with van der Waals surface area (Å²) in [6.45, 7) is 1.63. The molecule has 1 atom stereocenters. The molecule has 0 saturated carbocycles. The molecule has 0 amide bonds. The zero-order chi connectivity index (χ0) is 11.9. The number of carboxylic acid groups (broad SMARTS) is 1. The summed E-state index contributed by atoms with van der Waals surface area (Å²) in [4.78, 5) is 10.8. The van der Waals surface area contributed by atoms with Gasteiger partial charge in [0, 0.05) is 23.6 Å². The minimum absolute atomic E-state index is 0.00972. The molecule has 2 rings (SSSR count). The average molecular weight is 228 g/mol. The highest BCUT2D eigenvalue weighted by molar-refractivity contribution is 5.76. The molecule has 1 unspecified atom stereocenters. The molecule has 3 nitrogen and oxygen atoms in total. The minimum atomic E-state index is -1.14. The van der Waals surface area contributed by atoms with Crippen molar-refractivity contribution < 1.29 is 23.4 Å². The number of halogens is 2. The Kier molecular flexibility index (Phi) is 2.53. The van der Waals surface area contributed by atoms with Gasteiger partial charge in [0.15, 0.2) is 11.6 Å². The first-order chi connectivity index (χ1) is 7.52. The van der Waals surface area contributed by atoms with E-state index in [0.29, 0.717) is 18.1 Å². The zero-order valence-electron chi connectivity index (χ0n) is 8.59. The molecule has 1 aromatic rings. The molecule has 0 radical (unpaired) electrons. The van der Waals surface area contributed by atoms with E-state index < -0.39 is 23.5 Å². The third-order valence-electron chi connectivity index (χ3n) is 2.73. The lowest BCUT2D eigenvalue weighted by Crippen LogP contribution is -2.12. The van der Waals surface area contributed by atoms with Crippen LogP contribution in [0.25, 0.3) is 0 Å². The minimum Gasteiger partial charge on any atom is -0.490 e. The monoisotopic (exact) mass is 228 g/mol. The van der Waals surface area contributed by atoms with E-state index in [1.807, 2.05) is 0 Å². The van der Waals surface area contributed by atoms with Crippen molar-refractivity contribution in [1.29, 1.82) is 0 Å². The van der Waals surface area contributed by atoms with Gasteiger partial charge in [-0.2, -0.15) is 0 Å². The molecule has 1 N–H and O–H groups in total. The van der Waals surface area contributed by atoms with E-state index in [-0.39, 0.29) is 17.9 Å². The van der Waals surface area contributed by atoms with Gasteiger partial charge in [0.05, 0.1) is 12.5 Å². The summed E-state index contributed by atoms with van der Waals surface area (Å²) >= 11 is 0. The zero-order valence-corrected chi connectivity index (χ0v) is 8.59. The van der Waals surface area contributed by atoms with Crippen molar-refractivity contribution in [2.45, 2.75) is 19.3 Å². The number of aliphatic carboxylic acids is 1. The second-order valence-corrected chi connectivity index (χ2v) is 3.72. The molecule has 0 bridgehead atoms. The van der Waals surface area contributed by atoms with E-state index in [1.165, 1.54) is 6.92 Å². The number of fused-ring (bicyclic) bond motifs is 1. The quantitative estimate of drug-likeness (QED) is 0.843. The van der Waals surface area contributed by atoms with Gasteiger partial charge >= 0.3 is 5.97 Å². The molecule has 0 aliphatic carbocycles. The first-order valence-electron chi connectivity index (χ1n) is 4.88. The van der Waals surface area contributed by atoms with Crippen molar-refractivity contribution in [2.24, 2.45) is 0 Å². The summed E-state index contributed by atoms with van der Waals surface area (Å²) in [5.41, 5.74) is 0.369. The summed E-state index contributed by atoms with van der Waals surface area (Å²) in [6, 6.07) is 0.679. The largest absolute Gasteiger partial charge is 0.490 e. The number of rotatable bonds is 2. The molecular weight excluding hydrogens is 218 g/mol. The molecule has 0 aromatic heterocycles. The van der Waals surface area contributed by atoms with Crippen molar-refractivity contribution >= 4 is 5.97 Å². The lowest BCUT2D eigenvalue weighted by atomic mass is 9.93. The van der Waals surface area contributed by atoms with Crippen LogP contribution in [0.3, 0.4) is 0 Å². The molecule has 0 fully saturated rings. The van der Waals surface area contributed by atoms with Gasteiger partial charge < -0.3 is 9.84 Å². The Balaban J connectivity index is 2.61. The van der Waals surface area contributed by atoms with Crippen LogP contribution in [-0.4, -0.2) is 17.7 Å². The van der Waals surface area contributed by atoms with Crippen LogP contribution in [0, 0.1) is 11.6 Å². The Bertz CT molecular complexity index is 457. The summed E-state index contributed by atoms with van der Waals surface area (Å²) in [5.74, 6) is -3.75. The summed E-state index contributed by atoms with van der Waals surface area (Å²) in [5, 5.41) is 8.86. The van der Waals surface area contributed by atoms with Gasteiger partial charge in [0.1, 0.15) is 5.82 Å². The smallest absolute Gasteiger partial charge is 0.310 e. The third kappa shape index (κ3) is 1.52. The Morgan fingerprint density at radius 2 is 2.19 bits per heavy atom. The van der Waals surface area contributed by atoms with E-state index >= 15 is 0 Å². The van der Waals surface area contributed by atoms with E-state index in [0.717, 1.165) is 0 Å². The van der Waals surface area contributed by atoms with Gasteiger partial charge in [-0.3, -0.25) is 4.79 Å². The molecule has 1 aliphatic rings. The normalized spacial score (nSPS) is 15.4. The van der Waals surface area contributed by atoms with Crippen LogP contribution in [0.2, 0.25) is 0 Å². The maximum atomic E-state index is 13.6. The predicted octanol–water partition coefficient (Wildman–Crippen LogP) is 2.09. The second kappa shape index (κ2) is 3.73. The molecule has 16 heavy (non-hydrogen) atoms. The van der Waals surface area contributed by atoms with Gasteiger partial charge in [-0.15, -0.1) is 0 Å². The van der Waals surface area contributed by atoms with E-state index in [9.17, 15) is 13.6 Å². The van der Waals surface area contributed by atoms with Crippen LogP contribution in [0.5, 0.6) is 5.75 Å². The van der Waals surface area contributed by atoms with Crippen LogP contribution in [0.15, 0.2) is 6.07 Å². The van der Waals surface area contributed by atoms with Gasteiger partial charge in [-0.1, -0.05) is 0 Å². The highest BCUT2D eigenvalue weighted by Gasteiger charge is 2.29. The standard InChI is InChI=1S/C11H10F2O3/c1-5(11(14)15)9-6-2-3-16-10(6)8(13)4-7(9)12/h4-5H,2-3H2,1H3,(H,14,15). The second-order valence-electron chi connectivity index (χ2n) is 3.72. The van der Waals surface area contributed by atoms with Crippen LogP contribution in [0.1, 0.15) is 24.0 Å². The van der Waals surface area contributed by atoms with Gasteiger partial charge in [-0.05, 0) is 6.92 Å². The van der Waals surface area contributed by atoms with Gasteiger partial charge in [0.2, 0.25) is 0 Å². The van der Waals surface area contributed by atoms with Crippen LogP contribution in [0.4, 0.5) is 8.78 Å². The van der Waals surface area contributed by atoms with Crippen LogP contribution in [-0.2, 0) is 11.2 Å². The average Bonchev–Trinajstić information content (AvgIpc) is 2.66. The fourth-order valence-corrected chi connectivity index (χ4v) is 1.92. The maximum Gasteiger partial charge on any atom is 0.310 e. The van der Waals surface area contributed by atoms with Crippen molar-refractivity contribution in [3.05, 3.63) is 28.8 Å². The van der Waals surface area contributed by atoms with Crippen LogP contribution >= 0.6 is 0 Å². The fourth-order valence-electron chi connectivity index (χ4n) is 1.92. The highest BCUT2D eigenvalue weighted by atomic mass is 19.1. The van der Waals surface area contributed by atoms with E-state index in [1.54, 1.807) is 0 Å². The van der Waals surface area contributed by atoms with E-state index in [4.69, 9.17) is 9.84 Å². The SMILES string of the molecule is CC(C(=O)O)c1c(F)cc(F)c2c1CCO2. The Labute approximate surface area is 90.7 Å². The highest BCUT2D eigenvalue weighted by Crippen LogP contribution is 2.36. The van der Waals surface area contributed by atoms with Crippen molar-refractivity contribution in [1.82, 2.24) is 0 Å². The van der Waals surface area contributed by atoms with E-state index in [2.05, 4.69) is 0 Å². The number of carbonyl (C=O) groups is 1. The lowest BCUT2D eigenvalue weighted by molar-refractivity contribution is -0.138.